The zero-order chi connectivity index (χ0) is 11.7. The van der Waals surface area contributed by atoms with Crippen LogP contribution >= 0.6 is 0 Å². The van der Waals surface area contributed by atoms with Gasteiger partial charge in [0.1, 0.15) is 0 Å². The SMILES string of the molecule is CC(=O)NC1[C@@H](O)[C@@H](N)C(O)[C@@H](N)[C@H]1O. The number of carbonyl (C=O) groups excluding carboxylic acids is 1. The van der Waals surface area contributed by atoms with Gasteiger partial charge in [-0.1, -0.05) is 0 Å². The Hall–Kier alpha value is -0.730. The molecule has 1 fully saturated rings. The molecule has 7 heteroatoms. The van der Waals surface area contributed by atoms with Gasteiger partial charge in [-0.25, -0.2) is 0 Å². The molecule has 0 bridgehead atoms. The van der Waals surface area contributed by atoms with Gasteiger partial charge in [0.2, 0.25) is 5.91 Å². The molecule has 8 N–H and O–H groups in total. The summed E-state index contributed by atoms with van der Waals surface area (Å²) in [5, 5.41) is 31.1. The van der Waals surface area contributed by atoms with Gasteiger partial charge in [0, 0.05) is 6.92 Å². The van der Waals surface area contributed by atoms with Gasteiger partial charge in [0.05, 0.1) is 36.4 Å². The fraction of sp³-hybridized carbons (Fsp3) is 0.875. The fourth-order valence-electron chi connectivity index (χ4n) is 1.75. The Morgan fingerprint density at radius 2 is 1.47 bits per heavy atom. The molecule has 7 nitrogen and oxygen atoms in total. The molecule has 0 aromatic rings. The van der Waals surface area contributed by atoms with E-state index >= 15 is 0 Å². The largest absolute Gasteiger partial charge is 0.390 e. The Morgan fingerprint density at radius 3 is 1.80 bits per heavy atom. The molecule has 0 heterocycles. The Morgan fingerprint density at radius 1 is 1.07 bits per heavy atom. The van der Waals surface area contributed by atoms with Gasteiger partial charge in [-0.3, -0.25) is 4.79 Å². The smallest absolute Gasteiger partial charge is 0.217 e. The minimum absolute atomic E-state index is 0.408. The number of nitrogens with two attached hydrogens (primary N) is 2. The molecule has 1 aliphatic carbocycles. The normalized spacial score (nSPS) is 46.3. The van der Waals surface area contributed by atoms with Crippen LogP contribution < -0.4 is 16.8 Å². The maximum atomic E-state index is 10.8. The van der Waals surface area contributed by atoms with Crippen LogP contribution in [0.3, 0.4) is 0 Å². The van der Waals surface area contributed by atoms with Crippen molar-refractivity contribution >= 4 is 5.91 Å². The molecule has 15 heavy (non-hydrogen) atoms. The highest BCUT2D eigenvalue weighted by Gasteiger charge is 2.46. The zero-order valence-corrected chi connectivity index (χ0v) is 8.37. The first-order valence-corrected chi connectivity index (χ1v) is 4.68. The van der Waals surface area contributed by atoms with Crippen molar-refractivity contribution in [1.29, 1.82) is 0 Å². The van der Waals surface area contributed by atoms with Crippen molar-refractivity contribution in [3.63, 3.8) is 0 Å². The van der Waals surface area contributed by atoms with E-state index in [0.717, 1.165) is 0 Å². The zero-order valence-electron chi connectivity index (χ0n) is 8.37. The summed E-state index contributed by atoms with van der Waals surface area (Å²) in [4.78, 5) is 10.8. The standard InChI is InChI=1S/C8H17N3O4/c1-2(12)11-5-7(14)3(9)6(13)4(10)8(5)15/h3-8,13-15H,9-10H2,1H3,(H,11,12)/t3-,4+,5?,6?,7-,8+. The molecule has 2 unspecified atom stereocenters. The molecule has 1 saturated carbocycles. The van der Waals surface area contributed by atoms with Crippen LogP contribution in [0, 0.1) is 0 Å². The molecule has 0 spiro atoms. The van der Waals surface area contributed by atoms with Gasteiger partial charge in [-0.05, 0) is 0 Å². The van der Waals surface area contributed by atoms with Crippen molar-refractivity contribution in [3.8, 4) is 0 Å². The lowest BCUT2D eigenvalue weighted by Crippen LogP contribution is -2.72. The summed E-state index contributed by atoms with van der Waals surface area (Å²) in [6.07, 6.45) is -3.64. The second-order valence-corrected chi connectivity index (χ2v) is 3.85. The van der Waals surface area contributed by atoms with Crippen molar-refractivity contribution in [2.24, 2.45) is 11.5 Å². The maximum absolute atomic E-state index is 10.8. The van der Waals surface area contributed by atoms with Crippen molar-refractivity contribution in [2.45, 2.75) is 43.4 Å². The number of amides is 1. The molecule has 0 aliphatic heterocycles. The Balaban J connectivity index is 2.81. The number of rotatable bonds is 1. The fourth-order valence-corrected chi connectivity index (χ4v) is 1.75. The first-order chi connectivity index (χ1) is 6.86. The topological polar surface area (TPSA) is 142 Å². The number of nitrogens with one attached hydrogen (secondary N) is 1. The molecular formula is C8H17N3O4. The van der Waals surface area contributed by atoms with Crippen LogP contribution in [0.1, 0.15) is 6.92 Å². The molecule has 0 aromatic heterocycles. The molecule has 0 radical (unpaired) electrons. The van der Waals surface area contributed by atoms with E-state index in [1.54, 1.807) is 0 Å². The predicted octanol–water partition coefficient (Wildman–Crippen LogP) is -3.76. The van der Waals surface area contributed by atoms with E-state index < -0.39 is 42.3 Å². The number of aliphatic hydroxyl groups is 3. The summed E-state index contributed by atoms with van der Waals surface area (Å²) in [6, 6.07) is -2.92. The van der Waals surface area contributed by atoms with Crippen LogP contribution in [-0.4, -0.2) is 57.7 Å². The molecule has 6 atom stereocenters. The monoisotopic (exact) mass is 219 g/mol. The van der Waals surface area contributed by atoms with Crippen LogP contribution in [0.25, 0.3) is 0 Å². The Kier molecular flexibility index (Phi) is 3.63. The van der Waals surface area contributed by atoms with Gasteiger partial charge in [0.25, 0.3) is 0 Å². The maximum Gasteiger partial charge on any atom is 0.217 e. The quantitative estimate of drug-likeness (QED) is 0.267. The molecule has 0 saturated heterocycles. The molecule has 1 aliphatic rings. The average Bonchev–Trinajstić information content (AvgIpc) is 2.18. The summed E-state index contributed by atoms with van der Waals surface area (Å²) < 4.78 is 0. The van der Waals surface area contributed by atoms with Crippen LogP contribution in [0.15, 0.2) is 0 Å². The number of hydrogen-bond acceptors (Lipinski definition) is 6. The average molecular weight is 219 g/mol. The third-order valence-corrected chi connectivity index (χ3v) is 2.68. The van der Waals surface area contributed by atoms with E-state index in [1.807, 2.05) is 0 Å². The van der Waals surface area contributed by atoms with Gasteiger partial charge < -0.3 is 32.1 Å². The molecule has 1 amide bonds. The minimum Gasteiger partial charge on any atom is -0.390 e. The van der Waals surface area contributed by atoms with Gasteiger partial charge >= 0.3 is 0 Å². The first-order valence-electron chi connectivity index (χ1n) is 4.68. The summed E-state index contributed by atoms with van der Waals surface area (Å²) >= 11 is 0. The van der Waals surface area contributed by atoms with Crippen molar-refractivity contribution in [1.82, 2.24) is 5.32 Å². The lowest BCUT2D eigenvalue weighted by molar-refractivity contribution is -0.126. The summed E-state index contributed by atoms with van der Waals surface area (Å²) in [6.45, 7) is 1.25. The van der Waals surface area contributed by atoms with Crippen LogP contribution in [-0.2, 0) is 4.79 Å². The lowest BCUT2D eigenvalue weighted by atomic mass is 9.81. The molecule has 0 aromatic carbocycles. The molecular weight excluding hydrogens is 202 g/mol. The Labute approximate surface area is 87.1 Å². The summed E-state index contributed by atoms with van der Waals surface area (Å²) in [7, 11) is 0. The Bertz CT molecular complexity index is 234. The van der Waals surface area contributed by atoms with E-state index in [2.05, 4.69) is 5.32 Å². The minimum atomic E-state index is -1.22. The third-order valence-electron chi connectivity index (χ3n) is 2.68. The highest BCUT2D eigenvalue weighted by Crippen LogP contribution is 2.18. The van der Waals surface area contributed by atoms with E-state index in [1.165, 1.54) is 6.92 Å². The highest BCUT2D eigenvalue weighted by atomic mass is 16.3. The van der Waals surface area contributed by atoms with Gasteiger partial charge in [0.15, 0.2) is 0 Å². The van der Waals surface area contributed by atoms with E-state index in [-0.39, 0.29) is 0 Å². The molecule has 88 valence electrons. The van der Waals surface area contributed by atoms with Crippen LogP contribution in [0.2, 0.25) is 0 Å². The number of carbonyl (C=O) groups is 1. The first kappa shape index (κ1) is 12.3. The third kappa shape index (κ3) is 2.27. The second-order valence-electron chi connectivity index (χ2n) is 3.85. The van der Waals surface area contributed by atoms with E-state index in [9.17, 15) is 20.1 Å². The van der Waals surface area contributed by atoms with Crippen molar-refractivity contribution in [3.05, 3.63) is 0 Å². The number of aliphatic hydroxyl groups excluding tert-OH is 3. The van der Waals surface area contributed by atoms with Crippen LogP contribution in [0.5, 0.6) is 0 Å². The van der Waals surface area contributed by atoms with Crippen molar-refractivity contribution in [2.75, 3.05) is 0 Å². The summed E-state index contributed by atoms with van der Waals surface area (Å²) in [5.41, 5.74) is 11.0. The van der Waals surface area contributed by atoms with Gasteiger partial charge in [-0.2, -0.15) is 0 Å². The van der Waals surface area contributed by atoms with Crippen molar-refractivity contribution < 1.29 is 20.1 Å². The van der Waals surface area contributed by atoms with E-state index in [0.29, 0.717) is 0 Å². The molecule has 1 rings (SSSR count). The van der Waals surface area contributed by atoms with E-state index in [4.69, 9.17) is 11.5 Å². The van der Waals surface area contributed by atoms with Crippen LogP contribution in [0.4, 0.5) is 0 Å². The highest BCUT2D eigenvalue weighted by molar-refractivity contribution is 5.73. The second kappa shape index (κ2) is 4.42. The van der Waals surface area contributed by atoms with Gasteiger partial charge in [-0.15, -0.1) is 0 Å². The summed E-state index contributed by atoms with van der Waals surface area (Å²) in [5.74, 6) is -0.408. The number of hydrogen-bond donors (Lipinski definition) is 6. The predicted molar refractivity (Wildman–Crippen MR) is 51.6 cm³/mol. The lowest BCUT2D eigenvalue weighted by Gasteiger charge is -2.43.